The van der Waals surface area contributed by atoms with Crippen LogP contribution in [0.15, 0.2) is 174 Å². The number of hydrogen-bond acceptors (Lipinski definition) is 1. The molecule has 0 aliphatic heterocycles. The molecule has 0 saturated heterocycles. The van der Waals surface area contributed by atoms with Gasteiger partial charge in [0.25, 0.3) is 0 Å². The summed E-state index contributed by atoms with van der Waals surface area (Å²) < 4.78 is 42.2. The molecule has 0 N–H and O–H groups in total. The molecule has 0 saturated carbocycles. The van der Waals surface area contributed by atoms with E-state index in [1.807, 2.05) is 78.9 Å². The summed E-state index contributed by atoms with van der Waals surface area (Å²) in [5.74, 6) is 0. The molecule has 9 rings (SSSR count). The molecule has 0 radical (unpaired) electrons. The molecule has 1 heteroatoms. The van der Waals surface area contributed by atoms with E-state index in [0.717, 1.165) is 76.9 Å². The van der Waals surface area contributed by atoms with Crippen LogP contribution in [0.25, 0.3) is 88.0 Å². The second kappa shape index (κ2) is 10.4. The van der Waals surface area contributed by atoms with Crippen LogP contribution in [0.1, 0.15) is 5.48 Å². The zero-order chi connectivity index (χ0) is 33.2. The average Bonchev–Trinajstić information content (AvgIpc) is 3.53. The number of hydrogen-bond donors (Lipinski definition) is 0. The molecule has 0 aliphatic rings. The lowest BCUT2D eigenvalue weighted by Crippen LogP contribution is -1.93. The van der Waals surface area contributed by atoms with Gasteiger partial charge >= 0.3 is 0 Å². The highest BCUT2D eigenvalue weighted by molar-refractivity contribution is 6.23. The van der Waals surface area contributed by atoms with Crippen LogP contribution in [-0.4, -0.2) is 0 Å². The standard InChI is InChI=1S/C44H28O/c1-3-15-29(16-4-1)32-19-7-8-20-33(32)43-36-23-11-9-21-34(36)42(35-22-10-12-24-37(35)43)31-27-39(30-17-5-2-6-18-30)44-38-25-13-14-26-40(38)45-41(44)28-31/h1-28H/i7D,8D,19D,20D. The summed E-state index contributed by atoms with van der Waals surface area (Å²) >= 11 is 0. The van der Waals surface area contributed by atoms with Crippen LogP contribution in [0, 0.1) is 0 Å². The van der Waals surface area contributed by atoms with Gasteiger partial charge in [0.1, 0.15) is 11.2 Å². The van der Waals surface area contributed by atoms with Crippen LogP contribution in [0.2, 0.25) is 0 Å². The summed E-state index contributed by atoms with van der Waals surface area (Å²) in [6.45, 7) is 0. The first-order valence-corrected chi connectivity index (χ1v) is 15.1. The van der Waals surface area contributed by atoms with Crippen molar-refractivity contribution in [1.29, 1.82) is 0 Å². The number of furan rings is 1. The van der Waals surface area contributed by atoms with Gasteiger partial charge in [-0.15, -0.1) is 0 Å². The van der Waals surface area contributed by atoms with Crippen LogP contribution in [0.4, 0.5) is 0 Å². The summed E-state index contributed by atoms with van der Waals surface area (Å²) in [6, 6.07) is 48.3. The van der Waals surface area contributed by atoms with E-state index in [4.69, 9.17) is 8.53 Å². The van der Waals surface area contributed by atoms with Crippen molar-refractivity contribution < 1.29 is 9.90 Å². The molecule has 8 aromatic carbocycles. The van der Waals surface area contributed by atoms with Gasteiger partial charge in [-0.2, -0.15) is 0 Å². The molecule has 1 nitrogen and oxygen atoms in total. The monoisotopic (exact) mass is 576 g/mol. The maximum Gasteiger partial charge on any atom is 0.136 e. The van der Waals surface area contributed by atoms with E-state index in [9.17, 15) is 1.37 Å². The lowest BCUT2D eigenvalue weighted by Gasteiger charge is -2.20. The van der Waals surface area contributed by atoms with E-state index in [-0.39, 0.29) is 24.2 Å². The molecule has 0 bridgehead atoms. The molecule has 1 heterocycles. The van der Waals surface area contributed by atoms with Crippen molar-refractivity contribution in [3.05, 3.63) is 170 Å². The first kappa shape index (κ1) is 21.7. The van der Waals surface area contributed by atoms with Crippen molar-refractivity contribution in [3.63, 3.8) is 0 Å². The molecule has 0 spiro atoms. The van der Waals surface area contributed by atoms with Gasteiger partial charge in [-0.3, -0.25) is 0 Å². The second-order valence-corrected chi connectivity index (χ2v) is 11.3. The highest BCUT2D eigenvalue weighted by Gasteiger charge is 2.21. The number of para-hydroxylation sites is 1. The minimum atomic E-state index is -0.250. The third-order valence-corrected chi connectivity index (χ3v) is 8.78. The van der Waals surface area contributed by atoms with E-state index in [2.05, 4.69) is 66.7 Å². The fourth-order valence-electron chi connectivity index (χ4n) is 6.87. The van der Waals surface area contributed by atoms with Crippen molar-refractivity contribution in [1.82, 2.24) is 0 Å². The Balaban J connectivity index is 1.44. The number of rotatable bonds is 4. The lowest BCUT2D eigenvalue weighted by molar-refractivity contribution is 0.669. The Morgan fingerprint density at radius 2 is 0.867 bits per heavy atom. The van der Waals surface area contributed by atoms with Crippen LogP contribution < -0.4 is 0 Å². The van der Waals surface area contributed by atoms with Crippen LogP contribution in [0.5, 0.6) is 0 Å². The van der Waals surface area contributed by atoms with Gasteiger partial charge in [0.15, 0.2) is 0 Å². The Hall–Kier alpha value is -5.92. The molecule has 0 amide bonds. The van der Waals surface area contributed by atoms with Crippen molar-refractivity contribution in [3.8, 4) is 44.5 Å². The summed E-state index contributed by atoms with van der Waals surface area (Å²) in [6.07, 6.45) is 0. The van der Waals surface area contributed by atoms with Gasteiger partial charge < -0.3 is 4.42 Å². The van der Waals surface area contributed by atoms with Gasteiger partial charge in [0, 0.05) is 10.8 Å². The van der Waals surface area contributed by atoms with Crippen LogP contribution >= 0.6 is 0 Å². The van der Waals surface area contributed by atoms with E-state index in [1.165, 1.54) is 0 Å². The second-order valence-electron chi connectivity index (χ2n) is 11.3. The Morgan fingerprint density at radius 1 is 0.378 bits per heavy atom. The fourth-order valence-corrected chi connectivity index (χ4v) is 6.87. The molecule has 0 fully saturated rings. The molecule has 210 valence electrons. The first-order valence-electron chi connectivity index (χ1n) is 17.1. The predicted octanol–water partition coefficient (Wildman–Crippen LogP) is 12.6. The largest absolute Gasteiger partial charge is 0.456 e. The summed E-state index contributed by atoms with van der Waals surface area (Å²) in [5, 5.41) is 5.92. The molecule has 9 aromatic rings. The first-order chi connectivity index (χ1) is 24.0. The molecule has 0 atom stereocenters. The SMILES string of the molecule is [2H]c1c([2H])c([2H])c(-c2c3ccccc3c(-c3cc(-c4ccccc4)c4c(c3)oc3ccccc34)c3ccccc23)c(-c2ccccc2)c1[2H]. The van der Waals surface area contributed by atoms with Gasteiger partial charge in [-0.25, -0.2) is 0 Å². The smallest absolute Gasteiger partial charge is 0.136 e. The molecule has 0 aliphatic carbocycles. The molecular weight excluding hydrogens is 544 g/mol. The quantitative estimate of drug-likeness (QED) is 0.190. The van der Waals surface area contributed by atoms with Gasteiger partial charge in [-0.05, 0) is 84.3 Å². The van der Waals surface area contributed by atoms with Gasteiger partial charge in [0.2, 0.25) is 0 Å². The molecule has 45 heavy (non-hydrogen) atoms. The third-order valence-electron chi connectivity index (χ3n) is 8.78. The zero-order valence-corrected chi connectivity index (χ0v) is 24.3. The summed E-state index contributed by atoms with van der Waals surface area (Å²) in [5.41, 5.74) is 8.37. The number of fused-ring (bicyclic) bond motifs is 5. The minimum Gasteiger partial charge on any atom is -0.456 e. The van der Waals surface area contributed by atoms with Crippen molar-refractivity contribution in [2.45, 2.75) is 0 Å². The van der Waals surface area contributed by atoms with E-state index < -0.39 is 0 Å². The lowest BCUT2D eigenvalue weighted by atomic mass is 9.83. The minimum absolute atomic E-state index is 0.0534. The van der Waals surface area contributed by atoms with Gasteiger partial charge in [0.05, 0.1) is 5.48 Å². The summed E-state index contributed by atoms with van der Waals surface area (Å²) in [4.78, 5) is 0. The van der Waals surface area contributed by atoms with Crippen molar-refractivity contribution in [2.24, 2.45) is 0 Å². The number of benzene rings is 8. The van der Waals surface area contributed by atoms with Crippen molar-refractivity contribution in [2.75, 3.05) is 0 Å². The predicted molar refractivity (Wildman–Crippen MR) is 190 cm³/mol. The van der Waals surface area contributed by atoms with Crippen LogP contribution in [-0.2, 0) is 0 Å². The topological polar surface area (TPSA) is 13.1 Å². The van der Waals surface area contributed by atoms with E-state index in [1.54, 1.807) is 0 Å². The van der Waals surface area contributed by atoms with E-state index in [0.29, 0.717) is 11.1 Å². The van der Waals surface area contributed by atoms with Crippen LogP contribution in [0.3, 0.4) is 0 Å². The zero-order valence-electron chi connectivity index (χ0n) is 28.3. The Morgan fingerprint density at radius 3 is 1.49 bits per heavy atom. The Kier molecular flexibility index (Phi) is 5.00. The fraction of sp³-hybridized carbons (Fsp3) is 0. The molecular formula is C44H28O. The summed E-state index contributed by atoms with van der Waals surface area (Å²) in [7, 11) is 0. The normalized spacial score (nSPS) is 12.8. The third kappa shape index (κ3) is 4.09. The molecule has 0 unspecified atom stereocenters. The molecule has 1 aromatic heterocycles. The highest BCUT2D eigenvalue weighted by atomic mass is 16.3. The Labute approximate surface area is 267 Å². The highest BCUT2D eigenvalue weighted by Crippen LogP contribution is 2.48. The maximum absolute atomic E-state index is 9.29. The van der Waals surface area contributed by atoms with Crippen molar-refractivity contribution >= 4 is 43.5 Å². The maximum atomic E-state index is 9.29. The Bertz CT molecular complexity index is 2690. The van der Waals surface area contributed by atoms with Gasteiger partial charge in [-0.1, -0.05) is 152 Å². The average molecular weight is 577 g/mol. The van der Waals surface area contributed by atoms with E-state index >= 15 is 0 Å².